The number of hydrogen-bond donors (Lipinski definition) is 2. The number of halogens is 3. The number of carbonyl (C=O) groups is 1. The predicted molar refractivity (Wildman–Crippen MR) is 83.2 cm³/mol. The summed E-state index contributed by atoms with van der Waals surface area (Å²) in [6.07, 6.45) is 0. The molecule has 21 heavy (non-hydrogen) atoms. The van der Waals surface area contributed by atoms with E-state index in [0.29, 0.717) is 22.3 Å². The highest BCUT2D eigenvalue weighted by atomic mass is 35.5. The van der Waals surface area contributed by atoms with E-state index in [4.69, 9.17) is 23.2 Å². The zero-order valence-corrected chi connectivity index (χ0v) is 12.5. The molecule has 110 valence electrons. The highest BCUT2D eigenvalue weighted by Crippen LogP contribution is 2.22. The molecule has 0 fully saturated rings. The molecule has 0 radical (unpaired) electrons. The van der Waals surface area contributed by atoms with Gasteiger partial charge in [-0.2, -0.15) is 0 Å². The summed E-state index contributed by atoms with van der Waals surface area (Å²) in [6, 6.07) is 10.9. The fourth-order valence-corrected chi connectivity index (χ4v) is 2.28. The van der Waals surface area contributed by atoms with Crippen LogP contribution in [-0.4, -0.2) is 12.5 Å². The van der Waals surface area contributed by atoms with E-state index in [9.17, 15) is 9.18 Å². The Labute approximate surface area is 132 Å². The minimum absolute atomic E-state index is 0.126. The second kappa shape index (κ2) is 7.41. The van der Waals surface area contributed by atoms with Gasteiger partial charge in [0.1, 0.15) is 5.82 Å². The van der Waals surface area contributed by atoms with Crippen LogP contribution in [0.3, 0.4) is 0 Å². The maximum atomic E-state index is 12.7. The highest BCUT2D eigenvalue weighted by molar-refractivity contribution is 6.35. The molecule has 0 aliphatic carbocycles. The Bertz CT molecular complexity index is 612. The molecule has 0 heterocycles. The fourth-order valence-electron chi connectivity index (χ4n) is 1.75. The molecule has 0 aliphatic rings. The largest absolute Gasteiger partial charge is 0.325 e. The van der Waals surface area contributed by atoms with Gasteiger partial charge in [-0.05, 0) is 35.9 Å². The van der Waals surface area contributed by atoms with Gasteiger partial charge in [-0.3, -0.25) is 4.79 Å². The zero-order chi connectivity index (χ0) is 15.2. The molecule has 0 unspecified atom stereocenters. The van der Waals surface area contributed by atoms with Gasteiger partial charge in [0, 0.05) is 22.3 Å². The van der Waals surface area contributed by atoms with Crippen LogP contribution < -0.4 is 10.6 Å². The van der Waals surface area contributed by atoms with Gasteiger partial charge in [-0.25, -0.2) is 4.39 Å². The molecule has 2 rings (SSSR count). The van der Waals surface area contributed by atoms with Gasteiger partial charge in [0.2, 0.25) is 5.91 Å². The van der Waals surface area contributed by atoms with Gasteiger partial charge >= 0.3 is 0 Å². The Kier molecular flexibility index (Phi) is 5.56. The van der Waals surface area contributed by atoms with Crippen molar-refractivity contribution in [2.24, 2.45) is 0 Å². The van der Waals surface area contributed by atoms with E-state index >= 15 is 0 Å². The number of rotatable bonds is 5. The van der Waals surface area contributed by atoms with Crippen molar-refractivity contribution < 1.29 is 9.18 Å². The van der Waals surface area contributed by atoms with Crippen molar-refractivity contribution in [1.29, 1.82) is 0 Å². The average molecular weight is 327 g/mol. The Balaban J connectivity index is 1.80. The number of nitrogens with one attached hydrogen (secondary N) is 2. The van der Waals surface area contributed by atoms with E-state index in [-0.39, 0.29) is 18.3 Å². The Morgan fingerprint density at radius 1 is 1.05 bits per heavy atom. The number of amides is 1. The quantitative estimate of drug-likeness (QED) is 0.875. The molecular weight excluding hydrogens is 314 g/mol. The van der Waals surface area contributed by atoms with E-state index in [1.54, 1.807) is 30.3 Å². The summed E-state index contributed by atoms with van der Waals surface area (Å²) in [6.45, 7) is 0.603. The number of anilines is 1. The first kappa shape index (κ1) is 15.8. The zero-order valence-electron chi connectivity index (χ0n) is 11.0. The maximum Gasteiger partial charge on any atom is 0.238 e. The first-order valence-electron chi connectivity index (χ1n) is 6.24. The SMILES string of the molecule is O=C(CNCc1ccc(F)cc1)Nc1cc(Cl)cc(Cl)c1. The summed E-state index contributed by atoms with van der Waals surface area (Å²) in [5, 5.41) is 6.57. The monoisotopic (exact) mass is 326 g/mol. The lowest BCUT2D eigenvalue weighted by atomic mass is 10.2. The second-order valence-corrected chi connectivity index (χ2v) is 5.31. The first-order valence-corrected chi connectivity index (χ1v) is 6.99. The molecular formula is C15H13Cl2FN2O. The van der Waals surface area contributed by atoms with Crippen molar-refractivity contribution in [2.45, 2.75) is 6.54 Å². The lowest BCUT2D eigenvalue weighted by Crippen LogP contribution is -2.27. The van der Waals surface area contributed by atoms with Crippen molar-refractivity contribution in [1.82, 2.24) is 5.32 Å². The molecule has 2 aromatic carbocycles. The third-order valence-electron chi connectivity index (χ3n) is 2.67. The Hall–Kier alpha value is -1.62. The van der Waals surface area contributed by atoms with Gasteiger partial charge in [-0.15, -0.1) is 0 Å². The van der Waals surface area contributed by atoms with E-state index in [2.05, 4.69) is 10.6 Å². The van der Waals surface area contributed by atoms with Gasteiger partial charge in [0.25, 0.3) is 0 Å². The van der Waals surface area contributed by atoms with Gasteiger partial charge in [0.15, 0.2) is 0 Å². The van der Waals surface area contributed by atoms with Gasteiger partial charge in [-0.1, -0.05) is 35.3 Å². The topological polar surface area (TPSA) is 41.1 Å². The van der Waals surface area contributed by atoms with E-state index in [0.717, 1.165) is 5.56 Å². The number of carbonyl (C=O) groups excluding carboxylic acids is 1. The summed E-state index contributed by atoms with van der Waals surface area (Å²) in [5.41, 5.74) is 1.44. The molecule has 0 aromatic heterocycles. The molecule has 0 spiro atoms. The maximum absolute atomic E-state index is 12.7. The summed E-state index contributed by atoms with van der Waals surface area (Å²) in [4.78, 5) is 11.8. The van der Waals surface area contributed by atoms with E-state index in [1.807, 2.05) is 0 Å². The minimum Gasteiger partial charge on any atom is -0.325 e. The molecule has 6 heteroatoms. The Morgan fingerprint density at radius 3 is 2.29 bits per heavy atom. The lowest BCUT2D eigenvalue weighted by molar-refractivity contribution is -0.115. The number of benzene rings is 2. The molecule has 2 aromatic rings. The standard InChI is InChI=1S/C15H13Cl2FN2O/c16-11-5-12(17)7-14(6-11)20-15(21)9-19-8-10-1-3-13(18)4-2-10/h1-7,19H,8-9H2,(H,20,21). The average Bonchev–Trinajstić information content (AvgIpc) is 2.39. The first-order chi connectivity index (χ1) is 10.0. The van der Waals surface area contributed by atoms with Crippen molar-refractivity contribution >= 4 is 34.8 Å². The highest BCUT2D eigenvalue weighted by Gasteiger charge is 2.04. The molecule has 0 saturated heterocycles. The lowest BCUT2D eigenvalue weighted by Gasteiger charge is -2.08. The smallest absolute Gasteiger partial charge is 0.238 e. The van der Waals surface area contributed by atoms with E-state index in [1.165, 1.54) is 12.1 Å². The summed E-state index contributed by atoms with van der Waals surface area (Å²) in [5.74, 6) is -0.496. The summed E-state index contributed by atoms with van der Waals surface area (Å²) < 4.78 is 12.7. The van der Waals surface area contributed by atoms with Crippen molar-refractivity contribution in [3.05, 3.63) is 63.9 Å². The van der Waals surface area contributed by atoms with Crippen molar-refractivity contribution in [3.63, 3.8) is 0 Å². The third kappa shape index (κ3) is 5.34. The predicted octanol–water partition coefficient (Wildman–Crippen LogP) is 3.86. The van der Waals surface area contributed by atoms with Crippen LogP contribution in [0.15, 0.2) is 42.5 Å². The summed E-state index contributed by atoms with van der Waals surface area (Å²) in [7, 11) is 0. The molecule has 0 atom stereocenters. The van der Waals surface area contributed by atoms with Gasteiger partial charge in [0.05, 0.1) is 6.54 Å². The van der Waals surface area contributed by atoms with Crippen LogP contribution >= 0.6 is 23.2 Å². The molecule has 1 amide bonds. The van der Waals surface area contributed by atoms with Crippen LogP contribution in [0.5, 0.6) is 0 Å². The van der Waals surface area contributed by atoms with Crippen molar-refractivity contribution in [3.8, 4) is 0 Å². The van der Waals surface area contributed by atoms with Crippen LogP contribution in [0.25, 0.3) is 0 Å². The fraction of sp³-hybridized carbons (Fsp3) is 0.133. The minimum atomic E-state index is -0.283. The van der Waals surface area contributed by atoms with Crippen molar-refractivity contribution in [2.75, 3.05) is 11.9 Å². The van der Waals surface area contributed by atoms with Crippen LogP contribution in [0.4, 0.5) is 10.1 Å². The van der Waals surface area contributed by atoms with Gasteiger partial charge < -0.3 is 10.6 Å². The number of hydrogen-bond acceptors (Lipinski definition) is 2. The van der Waals surface area contributed by atoms with Crippen LogP contribution in [0.1, 0.15) is 5.56 Å². The summed E-state index contributed by atoms with van der Waals surface area (Å²) >= 11 is 11.7. The molecule has 3 nitrogen and oxygen atoms in total. The molecule has 0 saturated carbocycles. The van der Waals surface area contributed by atoms with Crippen LogP contribution in [0, 0.1) is 5.82 Å². The second-order valence-electron chi connectivity index (χ2n) is 4.44. The Morgan fingerprint density at radius 2 is 1.67 bits per heavy atom. The normalized spacial score (nSPS) is 10.4. The third-order valence-corrected chi connectivity index (χ3v) is 3.11. The van der Waals surface area contributed by atoms with Crippen LogP contribution in [0.2, 0.25) is 10.0 Å². The molecule has 0 aliphatic heterocycles. The van der Waals surface area contributed by atoms with Crippen LogP contribution in [-0.2, 0) is 11.3 Å². The van der Waals surface area contributed by atoms with E-state index < -0.39 is 0 Å². The molecule has 2 N–H and O–H groups in total. The molecule has 0 bridgehead atoms.